The predicted molar refractivity (Wildman–Crippen MR) is 81.9 cm³/mol. The molecular formula is C16H13F5N4O. The lowest BCUT2D eigenvalue weighted by Gasteiger charge is -2.36. The first kappa shape index (κ1) is 18.0. The molecule has 0 aliphatic carbocycles. The van der Waals surface area contributed by atoms with Crippen molar-refractivity contribution in [3.8, 4) is 11.1 Å². The third-order valence-electron chi connectivity index (χ3n) is 4.08. The fraction of sp³-hybridized carbons (Fsp3) is 0.312. The van der Waals surface area contributed by atoms with Crippen LogP contribution in [0.1, 0.15) is 18.9 Å². The van der Waals surface area contributed by atoms with E-state index in [9.17, 15) is 22.0 Å². The molecule has 2 atom stereocenters. The van der Waals surface area contributed by atoms with Crippen molar-refractivity contribution < 1.29 is 26.7 Å². The van der Waals surface area contributed by atoms with Crippen molar-refractivity contribution >= 4 is 6.02 Å². The number of halogens is 5. The quantitative estimate of drug-likeness (QED) is 0.821. The Hall–Kier alpha value is -2.78. The molecule has 2 unspecified atom stereocenters. The molecule has 0 saturated heterocycles. The van der Waals surface area contributed by atoms with Crippen LogP contribution in [-0.4, -0.2) is 28.3 Å². The normalized spacial score (nSPS) is 23.3. The maximum Gasteiger partial charge on any atom is 0.425 e. The summed E-state index contributed by atoms with van der Waals surface area (Å²) in [5, 5.41) is 0. The van der Waals surface area contributed by atoms with Gasteiger partial charge in [0.1, 0.15) is 18.0 Å². The molecule has 1 aromatic heterocycles. The monoisotopic (exact) mass is 372 g/mol. The molecule has 5 nitrogen and oxygen atoms in total. The minimum absolute atomic E-state index is 0.0629. The molecular weight excluding hydrogens is 359 g/mol. The second kappa shape index (κ2) is 6.19. The van der Waals surface area contributed by atoms with E-state index in [1.165, 1.54) is 25.6 Å². The highest BCUT2D eigenvalue weighted by atomic mass is 19.4. The lowest BCUT2D eigenvalue weighted by Crippen LogP contribution is -2.46. The molecule has 138 valence electrons. The van der Waals surface area contributed by atoms with Crippen LogP contribution in [0.25, 0.3) is 11.1 Å². The van der Waals surface area contributed by atoms with Crippen LogP contribution >= 0.6 is 0 Å². The Balaban J connectivity index is 2.12. The SMILES string of the molecule is CC1(c2cc(-c3cncnc3)c(F)cc2F)CC(C(F)(F)F)OC(N)=N1. The summed E-state index contributed by atoms with van der Waals surface area (Å²) >= 11 is 0. The standard InChI is InChI=1S/C16H13F5N4O/c1-15(4-13(16(19,20)21)26-14(22)25-15)10-2-9(11(17)3-12(10)18)8-5-23-7-24-6-8/h2-3,5-7,13H,4H2,1H3,(H2,22,25). The van der Waals surface area contributed by atoms with Crippen molar-refractivity contribution in [1.82, 2.24) is 9.97 Å². The molecule has 26 heavy (non-hydrogen) atoms. The van der Waals surface area contributed by atoms with Crippen LogP contribution in [0.5, 0.6) is 0 Å². The molecule has 2 aromatic rings. The minimum atomic E-state index is -4.71. The first-order valence-electron chi connectivity index (χ1n) is 7.44. The summed E-state index contributed by atoms with van der Waals surface area (Å²) in [6, 6.07) is 0.973. The topological polar surface area (TPSA) is 73.4 Å². The Bertz CT molecular complexity index is 856. The van der Waals surface area contributed by atoms with Gasteiger partial charge in [0, 0.05) is 41.6 Å². The number of aromatic nitrogens is 2. The van der Waals surface area contributed by atoms with E-state index in [4.69, 9.17) is 5.73 Å². The molecule has 0 amide bonds. The van der Waals surface area contributed by atoms with E-state index >= 15 is 0 Å². The summed E-state index contributed by atoms with van der Waals surface area (Å²) in [5.41, 5.74) is 3.63. The summed E-state index contributed by atoms with van der Waals surface area (Å²) in [6.07, 6.45) is -3.84. The second-order valence-electron chi connectivity index (χ2n) is 6.02. The van der Waals surface area contributed by atoms with Gasteiger partial charge in [-0.25, -0.2) is 23.7 Å². The number of nitrogens with zero attached hydrogens (tertiary/aromatic N) is 3. The van der Waals surface area contributed by atoms with Gasteiger partial charge in [-0.15, -0.1) is 0 Å². The van der Waals surface area contributed by atoms with Gasteiger partial charge >= 0.3 is 6.18 Å². The Morgan fingerprint density at radius 1 is 1.15 bits per heavy atom. The van der Waals surface area contributed by atoms with Crippen LogP contribution in [0.15, 0.2) is 35.8 Å². The van der Waals surface area contributed by atoms with Crippen LogP contribution in [0.3, 0.4) is 0 Å². The Morgan fingerprint density at radius 3 is 2.42 bits per heavy atom. The summed E-state index contributed by atoms with van der Waals surface area (Å²) in [7, 11) is 0. The summed E-state index contributed by atoms with van der Waals surface area (Å²) in [5.74, 6) is -1.94. The van der Waals surface area contributed by atoms with Gasteiger partial charge in [-0.1, -0.05) is 0 Å². The highest BCUT2D eigenvalue weighted by Gasteiger charge is 2.50. The van der Waals surface area contributed by atoms with E-state index in [0.717, 1.165) is 6.07 Å². The minimum Gasteiger partial charge on any atom is -0.452 e. The lowest BCUT2D eigenvalue weighted by atomic mass is 9.84. The van der Waals surface area contributed by atoms with E-state index in [1.54, 1.807) is 0 Å². The number of aliphatic imine (C=N–C) groups is 1. The van der Waals surface area contributed by atoms with E-state index in [0.29, 0.717) is 6.07 Å². The first-order chi connectivity index (χ1) is 12.1. The van der Waals surface area contributed by atoms with Crippen molar-refractivity contribution in [2.24, 2.45) is 10.7 Å². The lowest BCUT2D eigenvalue weighted by molar-refractivity contribution is -0.208. The fourth-order valence-corrected chi connectivity index (χ4v) is 2.84. The third-order valence-corrected chi connectivity index (χ3v) is 4.08. The number of ether oxygens (including phenoxy) is 1. The highest BCUT2D eigenvalue weighted by Crippen LogP contribution is 2.42. The maximum absolute atomic E-state index is 14.4. The zero-order valence-electron chi connectivity index (χ0n) is 13.4. The number of alkyl halides is 3. The van der Waals surface area contributed by atoms with Gasteiger partial charge in [-0.05, 0) is 13.0 Å². The van der Waals surface area contributed by atoms with E-state index in [2.05, 4.69) is 19.7 Å². The molecule has 0 saturated carbocycles. The summed E-state index contributed by atoms with van der Waals surface area (Å²) in [6.45, 7) is 1.28. The molecule has 0 spiro atoms. The molecule has 1 aromatic carbocycles. The largest absolute Gasteiger partial charge is 0.452 e. The zero-order valence-corrected chi connectivity index (χ0v) is 13.4. The highest BCUT2D eigenvalue weighted by molar-refractivity contribution is 5.73. The van der Waals surface area contributed by atoms with Crippen molar-refractivity contribution in [1.29, 1.82) is 0 Å². The average molecular weight is 372 g/mol. The first-order valence-corrected chi connectivity index (χ1v) is 7.44. The predicted octanol–water partition coefficient (Wildman–Crippen LogP) is 3.30. The van der Waals surface area contributed by atoms with Gasteiger partial charge in [-0.3, -0.25) is 0 Å². The number of amidine groups is 1. The summed E-state index contributed by atoms with van der Waals surface area (Å²) < 4.78 is 72.4. The number of hydrogen-bond acceptors (Lipinski definition) is 5. The fourth-order valence-electron chi connectivity index (χ4n) is 2.84. The number of rotatable bonds is 2. The van der Waals surface area contributed by atoms with Crippen LogP contribution in [0.2, 0.25) is 0 Å². The van der Waals surface area contributed by atoms with Crippen LogP contribution < -0.4 is 5.73 Å². The molecule has 3 rings (SSSR count). The van der Waals surface area contributed by atoms with Gasteiger partial charge in [0.15, 0.2) is 6.10 Å². The Labute approximate surface area is 144 Å². The van der Waals surface area contributed by atoms with Crippen LogP contribution in [0, 0.1) is 11.6 Å². The van der Waals surface area contributed by atoms with Gasteiger partial charge in [0.25, 0.3) is 6.02 Å². The van der Waals surface area contributed by atoms with Gasteiger partial charge < -0.3 is 10.5 Å². The number of nitrogens with two attached hydrogens (primary N) is 1. The Kier molecular flexibility index (Phi) is 4.29. The molecule has 0 radical (unpaired) electrons. The van der Waals surface area contributed by atoms with Crippen molar-refractivity contribution in [3.63, 3.8) is 0 Å². The molecule has 1 aliphatic rings. The van der Waals surface area contributed by atoms with E-state index in [-0.39, 0.29) is 16.7 Å². The van der Waals surface area contributed by atoms with Gasteiger partial charge in [0.05, 0.1) is 5.54 Å². The molecule has 2 N–H and O–H groups in total. The second-order valence-corrected chi connectivity index (χ2v) is 6.02. The van der Waals surface area contributed by atoms with Crippen molar-refractivity contribution in [3.05, 3.63) is 48.1 Å². The maximum atomic E-state index is 14.4. The third kappa shape index (κ3) is 3.31. The van der Waals surface area contributed by atoms with Gasteiger partial charge in [0.2, 0.25) is 0 Å². The average Bonchev–Trinajstić information content (AvgIpc) is 2.54. The van der Waals surface area contributed by atoms with Crippen molar-refractivity contribution in [2.75, 3.05) is 0 Å². The van der Waals surface area contributed by atoms with Crippen LogP contribution in [0.4, 0.5) is 22.0 Å². The van der Waals surface area contributed by atoms with E-state index in [1.807, 2.05) is 0 Å². The van der Waals surface area contributed by atoms with Crippen LogP contribution in [-0.2, 0) is 10.3 Å². The molecule has 10 heteroatoms. The zero-order chi connectivity index (χ0) is 19.1. The smallest absolute Gasteiger partial charge is 0.425 e. The Morgan fingerprint density at radius 2 is 1.81 bits per heavy atom. The van der Waals surface area contributed by atoms with Gasteiger partial charge in [-0.2, -0.15) is 13.2 Å². The summed E-state index contributed by atoms with van der Waals surface area (Å²) in [4.78, 5) is 11.4. The number of hydrogen-bond donors (Lipinski definition) is 1. The molecule has 1 aliphatic heterocycles. The van der Waals surface area contributed by atoms with E-state index < -0.39 is 41.9 Å². The molecule has 0 bridgehead atoms. The molecule has 2 heterocycles. The van der Waals surface area contributed by atoms with Crippen molar-refractivity contribution in [2.45, 2.75) is 31.2 Å². The molecule has 0 fully saturated rings. The number of benzene rings is 1.